The van der Waals surface area contributed by atoms with Crippen LogP contribution in [-0.2, 0) is 17.8 Å². The van der Waals surface area contributed by atoms with E-state index in [9.17, 15) is 4.79 Å². The minimum absolute atomic E-state index is 0.319. The summed E-state index contributed by atoms with van der Waals surface area (Å²) in [5, 5.41) is 3.30. The molecule has 0 aliphatic rings. The van der Waals surface area contributed by atoms with Crippen molar-refractivity contribution in [1.82, 2.24) is 4.57 Å². The monoisotopic (exact) mass is 258 g/mol. The van der Waals surface area contributed by atoms with Crippen LogP contribution in [0.25, 0.3) is 0 Å². The number of nitrogens with zero attached hydrogens (tertiary/aromatic N) is 1. The molecule has 0 atom stereocenters. The molecule has 1 N–H and O–H groups in total. The third-order valence-corrected chi connectivity index (χ3v) is 2.96. The molecule has 0 unspecified atom stereocenters. The van der Waals surface area contributed by atoms with Crippen molar-refractivity contribution in [2.75, 3.05) is 12.4 Å². The molecule has 0 bridgehead atoms. The van der Waals surface area contributed by atoms with Gasteiger partial charge in [-0.3, -0.25) is 0 Å². The lowest BCUT2D eigenvalue weighted by Gasteiger charge is -2.06. The largest absolute Gasteiger partial charge is 0.465 e. The van der Waals surface area contributed by atoms with E-state index in [1.165, 1.54) is 12.7 Å². The van der Waals surface area contributed by atoms with Crippen molar-refractivity contribution in [3.8, 4) is 0 Å². The van der Waals surface area contributed by atoms with E-state index in [4.69, 9.17) is 4.74 Å². The first kappa shape index (κ1) is 13.2. The molecule has 0 aliphatic carbocycles. The van der Waals surface area contributed by atoms with Gasteiger partial charge in [-0.15, -0.1) is 0 Å². The normalized spacial score (nSPS) is 10.2. The highest BCUT2D eigenvalue weighted by atomic mass is 16.5. The minimum atomic E-state index is -0.319. The molecule has 4 heteroatoms. The van der Waals surface area contributed by atoms with E-state index in [-0.39, 0.29) is 5.97 Å². The molecule has 0 fully saturated rings. The number of anilines is 1. The molecule has 0 spiro atoms. The number of nitrogens with one attached hydrogen (secondary N) is 1. The molecule has 1 aromatic heterocycles. The second kappa shape index (κ2) is 6.09. The van der Waals surface area contributed by atoms with Gasteiger partial charge in [0.05, 0.1) is 12.7 Å². The lowest BCUT2D eigenvalue weighted by molar-refractivity contribution is 0.0601. The zero-order valence-electron chi connectivity index (χ0n) is 11.2. The highest BCUT2D eigenvalue weighted by molar-refractivity contribution is 5.90. The van der Waals surface area contributed by atoms with Crippen LogP contribution in [0.15, 0.2) is 42.7 Å². The zero-order valence-corrected chi connectivity index (χ0v) is 11.2. The lowest BCUT2D eigenvalue weighted by atomic mass is 10.2. The average Bonchev–Trinajstić information content (AvgIpc) is 2.92. The third kappa shape index (κ3) is 3.37. The van der Waals surface area contributed by atoms with Crippen LogP contribution in [-0.4, -0.2) is 17.6 Å². The van der Waals surface area contributed by atoms with Crippen molar-refractivity contribution < 1.29 is 9.53 Å². The summed E-state index contributed by atoms with van der Waals surface area (Å²) in [6.45, 7) is 3.81. The smallest absolute Gasteiger partial charge is 0.337 e. The number of ether oxygens (including phenoxy) is 1. The van der Waals surface area contributed by atoms with Crippen LogP contribution in [0.1, 0.15) is 22.8 Å². The number of methoxy groups -OCH3 is 1. The number of aromatic nitrogens is 1. The molecule has 19 heavy (non-hydrogen) atoms. The van der Waals surface area contributed by atoms with Gasteiger partial charge in [0, 0.05) is 31.2 Å². The van der Waals surface area contributed by atoms with Gasteiger partial charge in [-0.1, -0.05) is 6.07 Å². The van der Waals surface area contributed by atoms with Crippen LogP contribution in [0.4, 0.5) is 5.69 Å². The maximum absolute atomic E-state index is 11.4. The van der Waals surface area contributed by atoms with Gasteiger partial charge in [0.25, 0.3) is 0 Å². The first-order valence-corrected chi connectivity index (χ1v) is 6.30. The SMILES string of the molecule is CCn1ccc(CNc2cccc(C(=O)OC)c2)c1. The molecular formula is C15H18N2O2. The van der Waals surface area contributed by atoms with Crippen molar-refractivity contribution in [2.24, 2.45) is 0 Å². The number of rotatable bonds is 5. The van der Waals surface area contributed by atoms with Gasteiger partial charge in [0.1, 0.15) is 0 Å². The maximum Gasteiger partial charge on any atom is 0.337 e. The summed E-state index contributed by atoms with van der Waals surface area (Å²) in [6.07, 6.45) is 4.17. The predicted octanol–water partition coefficient (Wildman–Crippen LogP) is 2.91. The van der Waals surface area contributed by atoms with Gasteiger partial charge in [-0.2, -0.15) is 0 Å². The van der Waals surface area contributed by atoms with Crippen molar-refractivity contribution in [3.63, 3.8) is 0 Å². The summed E-state index contributed by atoms with van der Waals surface area (Å²) in [7, 11) is 1.38. The van der Waals surface area contributed by atoms with Gasteiger partial charge >= 0.3 is 5.97 Å². The second-order valence-corrected chi connectivity index (χ2v) is 4.28. The van der Waals surface area contributed by atoms with Gasteiger partial charge in [-0.05, 0) is 36.8 Å². The molecule has 0 amide bonds. The molecule has 0 saturated carbocycles. The van der Waals surface area contributed by atoms with E-state index >= 15 is 0 Å². The van der Waals surface area contributed by atoms with E-state index in [1.807, 2.05) is 12.1 Å². The number of esters is 1. The van der Waals surface area contributed by atoms with Gasteiger partial charge in [0.15, 0.2) is 0 Å². The van der Waals surface area contributed by atoms with E-state index in [0.29, 0.717) is 5.56 Å². The Morgan fingerprint density at radius 2 is 2.21 bits per heavy atom. The number of hydrogen-bond donors (Lipinski definition) is 1. The Hall–Kier alpha value is -2.23. The van der Waals surface area contributed by atoms with Crippen molar-refractivity contribution >= 4 is 11.7 Å². The average molecular weight is 258 g/mol. The summed E-state index contributed by atoms with van der Waals surface area (Å²) < 4.78 is 6.83. The fourth-order valence-corrected chi connectivity index (χ4v) is 1.87. The Labute approximate surface area is 113 Å². The first-order chi connectivity index (χ1) is 9.22. The Balaban J connectivity index is 2.01. The van der Waals surface area contributed by atoms with Crippen LogP contribution < -0.4 is 5.32 Å². The van der Waals surface area contributed by atoms with Gasteiger partial charge in [0.2, 0.25) is 0 Å². The number of benzene rings is 1. The van der Waals surface area contributed by atoms with E-state index in [2.05, 4.69) is 35.3 Å². The van der Waals surface area contributed by atoms with Crippen LogP contribution in [0.5, 0.6) is 0 Å². The topological polar surface area (TPSA) is 43.3 Å². The molecule has 4 nitrogen and oxygen atoms in total. The van der Waals surface area contributed by atoms with Crippen LogP contribution >= 0.6 is 0 Å². The maximum atomic E-state index is 11.4. The van der Waals surface area contributed by atoms with Gasteiger partial charge < -0.3 is 14.6 Å². The molecule has 2 aromatic rings. The van der Waals surface area contributed by atoms with Gasteiger partial charge in [-0.25, -0.2) is 4.79 Å². The molecule has 1 heterocycles. The van der Waals surface area contributed by atoms with Crippen molar-refractivity contribution in [1.29, 1.82) is 0 Å². The standard InChI is InChI=1S/C15H18N2O2/c1-3-17-8-7-12(11-17)10-16-14-6-4-5-13(9-14)15(18)19-2/h4-9,11,16H,3,10H2,1-2H3. The van der Waals surface area contributed by atoms with E-state index in [0.717, 1.165) is 18.8 Å². The molecule has 2 rings (SSSR count). The highest BCUT2D eigenvalue weighted by Gasteiger charge is 2.05. The van der Waals surface area contributed by atoms with Crippen molar-refractivity contribution in [3.05, 3.63) is 53.9 Å². The Morgan fingerprint density at radius 3 is 2.89 bits per heavy atom. The first-order valence-electron chi connectivity index (χ1n) is 6.30. The molecule has 0 saturated heterocycles. The Kier molecular flexibility index (Phi) is 4.23. The number of aryl methyl sites for hydroxylation is 1. The minimum Gasteiger partial charge on any atom is -0.465 e. The van der Waals surface area contributed by atoms with E-state index < -0.39 is 0 Å². The quantitative estimate of drug-likeness (QED) is 0.839. The fraction of sp³-hybridized carbons (Fsp3) is 0.267. The molecule has 0 radical (unpaired) electrons. The second-order valence-electron chi connectivity index (χ2n) is 4.28. The molecule has 100 valence electrons. The van der Waals surface area contributed by atoms with Crippen LogP contribution in [0.2, 0.25) is 0 Å². The molecule has 1 aromatic carbocycles. The Bertz CT molecular complexity index is 561. The summed E-state index contributed by atoms with van der Waals surface area (Å²) in [5.41, 5.74) is 2.68. The Morgan fingerprint density at radius 1 is 1.37 bits per heavy atom. The zero-order chi connectivity index (χ0) is 13.7. The number of carbonyl (C=O) groups excluding carboxylic acids is 1. The highest BCUT2D eigenvalue weighted by Crippen LogP contribution is 2.13. The molecule has 0 aliphatic heterocycles. The third-order valence-electron chi connectivity index (χ3n) is 2.96. The van der Waals surface area contributed by atoms with Crippen LogP contribution in [0, 0.1) is 0 Å². The number of hydrogen-bond acceptors (Lipinski definition) is 3. The van der Waals surface area contributed by atoms with E-state index in [1.54, 1.807) is 12.1 Å². The summed E-state index contributed by atoms with van der Waals surface area (Å²) in [5.74, 6) is -0.319. The molecular weight excluding hydrogens is 240 g/mol. The fourth-order valence-electron chi connectivity index (χ4n) is 1.87. The number of carbonyl (C=O) groups is 1. The summed E-state index contributed by atoms with van der Waals surface area (Å²) in [4.78, 5) is 11.4. The summed E-state index contributed by atoms with van der Waals surface area (Å²) in [6, 6.07) is 9.39. The van der Waals surface area contributed by atoms with Crippen LogP contribution in [0.3, 0.4) is 0 Å². The summed E-state index contributed by atoms with van der Waals surface area (Å²) >= 11 is 0. The lowest BCUT2D eigenvalue weighted by Crippen LogP contribution is -2.03. The predicted molar refractivity (Wildman–Crippen MR) is 75.2 cm³/mol. The van der Waals surface area contributed by atoms with Crippen molar-refractivity contribution in [2.45, 2.75) is 20.0 Å².